The average molecular weight is 363 g/mol. The number of amides is 1. The first-order valence-corrected chi connectivity index (χ1v) is 10.1. The predicted molar refractivity (Wildman–Crippen MR) is 93.4 cm³/mol. The van der Waals surface area contributed by atoms with Crippen LogP contribution in [0.5, 0.6) is 0 Å². The quantitative estimate of drug-likeness (QED) is 0.693. The van der Waals surface area contributed by atoms with Crippen molar-refractivity contribution in [2.24, 2.45) is 11.8 Å². The highest BCUT2D eigenvalue weighted by atomic mass is 16.5. The van der Waals surface area contributed by atoms with Gasteiger partial charge in [0.25, 0.3) is 0 Å². The van der Waals surface area contributed by atoms with Crippen molar-refractivity contribution in [3.8, 4) is 0 Å². The molecule has 26 heavy (non-hydrogen) atoms. The van der Waals surface area contributed by atoms with Crippen LogP contribution in [0, 0.1) is 11.8 Å². The minimum atomic E-state index is -0.0405. The fourth-order valence-corrected chi connectivity index (χ4v) is 3.85. The van der Waals surface area contributed by atoms with Crippen molar-refractivity contribution in [1.82, 2.24) is 15.0 Å². The molecule has 3 heterocycles. The van der Waals surface area contributed by atoms with Crippen molar-refractivity contribution in [3.05, 3.63) is 11.7 Å². The summed E-state index contributed by atoms with van der Waals surface area (Å²) in [6, 6.07) is -0.0405. The van der Waals surface area contributed by atoms with Crippen molar-refractivity contribution in [2.75, 3.05) is 33.0 Å². The number of hydrogen-bond donors (Lipinski definition) is 0. The van der Waals surface area contributed by atoms with E-state index >= 15 is 0 Å². The van der Waals surface area contributed by atoms with Gasteiger partial charge in [-0.25, -0.2) is 0 Å². The molecule has 4 rings (SSSR count). The maximum atomic E-state index is 12.5. The van der Waals surface area contributed by atoms with Crippen molar-refractivity contribution >= 4 is 5.91 Å². The molecule has 7 heteroatoms. The smallest absolute Gasteiger partial charge is 0.249 e. The lowest BCUT2D eigenvalue weighted by atomic mass is 10.0. The zero-order valence-electron chi connectivity index (χ0n) is 15.4. The van der Waals surface area contributed by atoms with Crippen LogP contribution in [0.15, 0.2) is 4.52 Å². The number of nitrogens with zero attached hydrogens (tertiary/aromatic N) is 3. The number of ether oxygens (including phenoxy) is 2. The van der Waals surface area contributed by atoms with Gasteiger partial charge < -0.3 is 18.9 Å². The molecule has 2 saturated heterocycles. The standard InChI is InChI=1S/C19H29N3O4/c23-19(15-4-5-15)22-9-2-1-3-16(22)18-20-17(21-26-18)8-12-25-13-14-6-10-24-11-7-14/h14-16H,1-13H2. The molecule has 1 amide bonds. The van der Waals surface area contributed by atoms with Crippen molar-refractivity contribution < 1.29 is 18.8 Å². The van der Waals surface area contributed by atoms with Gasteiger partial charge >= 0.3 is 0 Å². The van der Waals surface area contributed by atoms with E-state index in [1.165, 1.54) is 0 Å². The molecule has 1 unspecified atom stereocenters. The summed E-state index contributed by atoms with van der Waals surface area (Å²) in [6.07, 6.45) is 7.96. The van der Waals surface area contributed by atoms with E-state index in [1.807, 2.05) is 4.90 Å². The molecule has 1 aromatic heterocycles. The number of hydrogen-bond acceptors (Lipinski definition) is 6. The van der Waals surface area contributed by atoms with Gasteiger partial charge in [0.2, 0.25) is 11.8 Å². The Kier molecular flexibility index (Phi) is 5.84. The van der Waals surface area contributed by atoms with Gasteiger partial charge in [-0.2, -0.15) is 4.98 Å². The number of rotatable bonds is 7. The Morgan fingerprint density at radius 3 is 2.81 bits per heavy atom. The Labute approximate surface area is 154 Å². The van der Waals surface area contributed by atoms with Crippen LogP contribution < -0.4 is 0 Å². The summed E-state index contributed by atoms with van der Waals surface area (Å²) in [6.45, 7) is 3.89. The molecule has 3 fully saturated rings. The molecule has 0 aromatic carbocycles. The summed E-state index contributed by atoms with van der Waals surface area (Å²) in [7, 11) is 0. The van der Waals surface area contributed by atoms with Crippen LogP contribution in [0.3, 0.4) is 0 Å². The number of carbonyl (C=O) groups is 1. The molecule has 1 saturated carbocycles. The molecule has 7 nitrogen and oxygen atoms in total. The molecule has 1 aromatic rings. The summed E-state index contributed by atoms with van der Waals surface area (Å²) in [5.74, 6) is 2.38. The lowest BCUT2D eigenvalue weighted by Gasteiger charge is -2.33. The Morgan fingerprint density at radius 1 is 1.15 bits per heavy atom. The molecule has 0 bridgehead atoms. The van der Waals surface area contributed by atoms with Crippen LogP contribution in [-0.2, 0) is 20.7 Å². The lowest BCUT2D eigenvalue weighted by Crippen LogP contribution is -2.39. The third-order valence-corrected chi connectivity index (χ3v) is 5.65. The Hall–Kier alpha value is -1.47. The summed E-state index contributed by atoms with van der Waals surface area (Å²) in [5.41, 5.74) is 0. The highest BCUT2D eigenvalue weighted by molar-refractivity contribution is 5.81. The second-order valence-electron chi connectivity index (χ2n) is 7.75. The average Bonchev–Trinajstić information content (AvgIpc) is 3.44. The second-order valence-corrected chi connectivity index (χ2v) is 7.75. The van der Waals surface area contributed by atoms with E-state index in [0.29, 0.717) is 30.7 Å². The van der Waals surface area contributed by atoms with E-state index in [-0.39, 0.29) is 17.9 Å². The van der Waals surface area contributed by atoms with E-state index < -0.39 is 0 Å². The van der Waals surface area contributed by atoms with E-state index in [1.54, 1.807) is 0 Å². The molecule has 2 aliphatic heterocycles. The number of aromatic nitrogens is 2. The van der Waals surface area contributed by atoms with Crippen molar-refractivity contribution in [3.63, 3.8) is 0 Å². The molecule has 1 aliphatic carbocycles. The van der Waals surface area contributed by atoms with Gasteiger partial charge in [-0.1, -0.05) is 5.16 Å². The van der Waals surface area contributed by atoms with Crippen LogP contribution >= 0.6 is 0 Å². The molecular formula is C19H29N3O4. The molecule has 0 radical (unpaired) electrons. The first kappa shape index (κ1) is 17.9. The molecular weight excluding hydrogens is 334 g/mol. The van der Waals surface area contributed by atoms with Gasteiger partial charge in [0.1, 0.15) is 6.04 Å². The summed E-state index contributed by atoms with van der Waals surface area (Å²) in [5, 5.41) is 4.11. The van der Waals surface area contributed by atoms with E-state index in [2.05, 4.69) is 10.1 Å². The Morgan fingerprint density at radius 2 is 2.00 bits per heavy atom. The third-order valence-electron chi connectivity index (χ3n) is 5.65. The van der Waals surface area contributed by atoms with Gasteiger partial charge in [-0.3, -0.25) is 4.79 Å². The van der Waals surface area contributed by atoms with E-state index in [9.17, 15) is 4.79 Å². The van der Waals surface area contributed by atoms with Gasteiger partial charge in [-0.05, 0) is 50.9 Å². The fraction of sp³-hybridized carbons (Fsp3) is 0.842. The van der Waals surface area contributed by atoms with Crippen LogP contribution in [0.1, 0.15) is 62.7 Å². The minimum Gasteiger partial charge on any atom is -0.381 e. The molecule has 144 valence electrons. The summed E-state index contributed by atoms with van der Waals surface area (Å²) < 4.78 is 16.7. The SMILES string of the molecule is O=C(C1CC1)N1CCCCC1c1nc(CCOCC2CCOCC2)no1. The lowest BCUT2D eigenvalue weighted by molar-refractivity contribution is -0.137. The molecule has 3 aliphatic rings. The first-order chi connectivity index (χ1) is 12.8. The Bertz CT molecular complexity index is 595. The van der Waals surface area contributed by atoms with Crippen LogP contribution in [0.2, 0.25) is 0 Å². The zero-order chi connectivity index (χ0) is 17.8. The first-order valence-electron chi connectivity index (χ1n) is 10.1. The minimum absolute atomic E-state index is 0.0405. The highest BCUT2D eigenvalue weighted by Gasteiger charge is 2.39. The third kappa shape index (κ3) is 4.43. The normalized spacial score (nSPS) is 24.8. The van der Waals surface area contributed by atoms with Gasteiger partial charge in [0, 0.05) is 38.7 Å². The largest absolute Gasteiger partial charge is 0.381 e. The summed E-state index contributed by atoms with van der Waals surface area (Å²) in [4.78, 5) is 19.1. The fourth-order valence-electron chi connectivity index (χ4n) is 3.85. The second kappa shape index (κ2) is 8.48. The highest BCUT2D eigenvalue weighted by Crippen LogP contribution is 2.37. The number of piperidine rings is 1. The summed E-state index contributed by atoms with van der Waals surface area (Å²) >= 11 is 0. The van der Waals surface area contributed by atoms with E-state index in [4.69, 9.17) is 14.0 Å². The van der Waals surface area contributed by atoms with Gasteiger partial charge in [0.15, 0.2) is 5.82 Å². The van der Waals surface area contributed by atoms with Gasteiger partial charge in [0.05, 0.1) is 6.61 Å². The molecule has 0 N–H and O–H groups in total. The molecule has 0 spiro atoms. The number of carbonyl (C=O) groups excluding carboxylic acids is 1. The van der Waals surface area contributed by atoms with Crippen molar-refractivity contribution in [2.45, 2.75) is 57.4 Å². The van der Waals surface area contributed by atoms with Gasteiger partial charge in [-0.15, -0.1) is 0 Å². The predicted octanol–water partition coefficient (Wildman–Crippen LogP) is 2.52. The molecule has 1 atom stereocenters. The van der Waals surface area contributed by atoms with E-state index in [0.717, 1.165) is 71.3 Å². The van der Waals surface area contributed by atoms with Crippen molar-refractivity contribution in [1.29, 1.82) is 0 Å². The van der Waals surface area contributed by atoms with Crippen LogP contribution in [-0.4, -0.2) is 53.9 Å². The zero-order valence-corrected chi connectivity index (χ0v) is 15.4. The topological polar surface area (TPSA) is 77.7 Å². The monoisotopic (exact) mass is 363 g/mol. The van der Waals surface area contributed by atoms with Crippen LogP contribution in [0.25, 0.3) is 0 Å². The Balaban J connectivity index is 1.26. The maximum Gasteiger partial charge on any atom is 0.249 e. The number of likely N-dealkylation sites (tertiary alicyclic amines) is 1. The van der Waals surface area contributed by atoms with Crippen LogP contribution in [0.4, 0.5) is 0 Å². The maximum absolute atomic E-state index is 12.5.